The Hall–Kier alpha value is -3.62. The lowest BCUT2D eigenvalue weighted by molar-refractivity contribution is -0.148. The number of rotatable bonds is 6. The summed E-state index contributed by atoms with van der Waals surface area (Å²) in [7, 11) is 1.44. The zero-order valence-corrected chi connectivity index (χ0v) is 18.3. The number of anilines is 2. The lowest BCUT2D eigenvalue weighted by atomic mass is 10.2. The largest absolute Gasteiger partial charge is 0.479 e. The van der Waals surface area contributed by atoms with Gasteiger partial charge in [-0.1, -0.05) is 0 Å². The molecule has 4 aromatic rings. The molecule has 1 N–H and O–H groups in total. The maximum absolute atomic E-state index is 13.0. The van der Waals surface area contributed by atoms with Gasteiger partial charge in [-0.3, -0.25) is 0 Å². The molecule has 4 heterocycles. The normalized spacial score (nSPS) is 12.2. The van der Waals surface area contributed by atoms with Gasteiger partial charge >= 0.3 is 12.4 Å². The first-order valence-corrected chi connectivity index (χ1v) is 10.3. The first-order chi connectivity index (χ1) is 15.9. The summed E-state index contributed by atoms with van der Waals surface area (Å²) < 4.78 is 84.6. The van der Waals surface area contributed by atoms with E-state index in [2.05, 4.69) is 25.4 Å². The fourth-order valence-electron chi connectivity index (χ4n) is 2.98. The van der Waals surface area contributed by atoms with Gasteiger partial charge in [0.1, 0.15) is 23.7 Å². The number of halogens is 6. The van der Waals surface area contributed by atoms with Crippen LogP contribution < -0.4 is 10.1 Å². The lowest BCUT2D eigenvalue weighted by Gasteiger charge is -2.10. The average molecular weight is 503 g/mol. The molecule has 0 aliphatic carbocycles. The highest BCUT2D eigenvalue weighted by Crippen LogP contribution is 2.34. The Bertz CT molecular complexity index is 1310. The predicted molar refractivity (Wildman–Crippen MR) is 110 cm³/mol. The predicted octanol–water partition coefficient (Wildman–Crippen LogP) is 5.23. The molecule has 4 aromatic heterocycles. The van der Waals surface area contributed by atoms with E-state index in [-0.39, 0.29) is 15.7 Å². The van der Waals surface area contributed by atoms with Crippen molar-refractivity contribution in [2.75, 3.05) is 12.4 Å². The minimum atomic E-state index is -4.91. The zero-order valence-electron chi connectivity index (χ0n) is 17.4. The van der Waals surface area contributed by atoms with Crippen molar-refractivity contribution in [2.45, 2.75) is 25.8 Å². The molecule has 4 rings (SSSR count). The van der Waals surface area contributed by atoms with Crippen molar-refractivity contribution >= 4 is 22.3 Å². The Morgan fingerprint density at radius 1 is 1.09 bits per heavy atom. The van der Waals surface area contributed by atoms with Crippen LogP contribution in [0.5, 0.6) is 5.88 Å². The molecule has 0 amide bonds. The number of imidazole rings is 1. The van der Waals surface area contributed by atoms with E-state index in [4.69, 9.17) is 4.74 Å². The summed E-state index contributed by atoms with van der Waals surface area (Å²) in [6, 6.07) is 3.88. The minimum absolute atomic E-state index is 0.0575. The van der Waals surface area contributed by atoms with E-state index in [1.807, 2.05) is 6.92 Å². The summed E-state index contributed by atoms with van der Waals surface area (Å²) in [5.41, 5.74) is 0.697. The van der Waals surface area contributed by atoms with Crippen LogP contribution in [-0.2, 0) is 12.7 Å². The Kier molecular flexibility index (Phi) is 5.97. The smallest absolute Gasteiger partial charge is 0.435 e. The zero-order chi connectivity index (χ0) is 24.7. The van der Waals surface area contributed by atoms with Crippen LogP contribution in [0.3, 0.4) is 0 Å². The van der Waals surface area contributed by atoms with E-state index in [1.165, 1.54) is 7.11 Å². The maximum atomic E-state index is 13.0. The summed E-state index contributed by atoms with van der Waals surface area (Å²) in [6.07, 6.45) is -6.30. The van der Waals surface area contributed by atoms with Crippen molar-refractivity contribution < 1.29 is 31.1 Å². The van der Waals surface area contributed by atoms with Gasteiger partial charge in [-0.05, 0) is 19.1 Å². The Balaban J connectivity index is 1.61. The van der Waals surface area contributed by atoms with E-state index >= 15 is 0 Å². The van der Waals surface area contributed by atoms with E-state index in [0.717, 1.165) is 17.0 Å². The van der Waals surface area contributed by atoms with Crippen molar-refractivity contribution in [1.82, 2.24) is 29.3 Å². The average Bonchev–Trinajstić information content (AvgIpc) is 3.47. The number of nitrogens with one attached hydrogen (secondary N) is 1. The molecular formula is C19H15F6N7OS. The van der Waals surface area contributed by atoms with Crippen LogP contribution in [0.1, 0.15) is 11.4 Å². The first-order valence-electron chi connectivity index (χ1n) is 9.43. The van der Waals surface area contributed by atoms with Gasteiger partial charge in [-0.25, -0.2) is 19.6 Å². The number of alkyl halides is 6. The molecule has 0 saturated heterocycles. The molecule has 0 aromatic carbocycles. The second kappa shape index (κ2) is 8.62. The number of hydrogen-bond donors (Lipinski definition) is 1. The van der Waals surface area contributed by atoms with Crippen molar-refractivity contribution in [1.29, 1.82) is 0 Å². The minimum Gasteiger partial charge on any atom is -0.479 e. The topological polar surface area (TPSA) is 82.7 Å². The molecule has 0 fully saturated rings. The summed E-state index contributed by atoms with van der Waals surface area (Å²) >= 11 is 0.978. The van der Waals surface area contributed by atoms with Gasteiger partial charge in [0.2, 0.25) is 5.88 Å². The molecule has 180 valence electrons. The third-order valence-electron chi connectivity index (χ3n) is 4.42. The fraction of sp³-hybridized carbons (Fsp3) is 0.263. The second-order valence-electron chi connectivity index (χ2n) is 7.00. The number of aromatic nitrogens is 6. The molecular weight excluding hydrogens is 488 g/mol. The highest BCUT2D eigenvalue weighted by atomic mass is 32.1. The molecule has 34 heavy (non-hydrogen) atoms. The van der Waals surface area contributed by atoms with Gasteiger partial charge in [-0.2, -0.15) is 31.4 Å². The number of aryl methyl sites for hydroxylation is 1. The van der Waals surface area contributed by atoms with Crippen molar-refractivity contribution in [3.63, 3.8) is 0 Å². The first kappa shape index (κ1) is 23.5. The van der Waals surface area contributed by atoms with Gasteiger partial charge in [0.05, 0.1) is 24.8 Å². The molecule has 0 radical (unpaired) electrons. The van der Waals surface area contributed by atoms with Gasteiger partial charge in [0.15, 0.2) is 10.8 Å². The number of pyridine rings is 1. The summed E-state index contributed by atoms with van der Waals surface area (Å²) in [4.78, 5) is 12.8. The van der Waals surface area contributed by atoms with Crippen LogP contribution in [0.2, 0.25) is 0 Å². The van der Waals surface area contributed by atoms with Crippen LogP contribution in [-0.4, -0.2) is 42.6 Å². The molecule has 0 spiro atoms. The van der Waals surface area contributed by atoms with Crippen molar-refractivity contribution in [3.8, 4) is 23.0 Å². The maximum Gasteiger partial charge on any atom is 0.435 e. The quantitative estimate of drug-likeness (QED) is 0.363. The van der Waals surface area contributed by atoms with Gasteiger partial charge in [0, 0.05) is 17.6 Å². The van der Waals surface area contributed by atoms with Crippen LogP contribution >= 0.6 is 11.3 Å². The third kappa shape index (κ3) is 5.13. The monoisotopic (exact) mass is 503 g/mol. The molecule has 0 aliphatic rings. The third-order valence-corrected chi connectivity index (χ3v) is 5.18. The molecule has 0 atom stereocenters. The molecule has 8 nitrogen and oxygen atoms in total. The van der Waals surface area contributed by atoms with Gasteiger partial charge < -0.3 is 14.6 Å². The number of hydrogen-bond acceptors (Lipinski definition) is 7. The molecule has 0 unspecified atom stereocenters. The number of methoxy groups -OCH3 is 1. The second-order valence-corrected chi connectivity index (χ2v) is 7.85. The van der Waals surface area contributed by atoms with Crippen LogP contribution in [0.4, 0.5) is 37.3 Å². The Morgan fingerprint density at radius 3 is 2.47 bits per heavy atom. The fourth-order valence-corrected chi connectivity index (χ4v) is 3.69. The molecule has 0 aliphatic heterocycles. The summed E-state index contributed by atoms with van der Waals surface area (Å²) in [5, 5.41) is 7.14. The highest BCUT2D eigenvalue weighted by molar-refractivity contribution is 7.14. The Labute approximate surface area is 191 Å². The van der Waals surface area contributed by atoms with Gasteiger partial charge in [-0.15, -0.1) is 11.3 Å². The summed E-state index contributed by atoms with van der Waals surface area (Å²) in [5.74, 6) is -0.225. The number of thiazole rings is 1. The lowest BCUT2D eigenvalue weighted by Crippen LogP contribution is -2.20. The van der Waals surface area contributed by atoms with E-state index in [1.54, 1.807) is 34.6 Å². The van der Waals surface area contributed by atoms with Crippen molar-refractivity contribution in [3.05, 3.63) is 47.5 Å². The number of ether oxygens (including phenoxy) is 1. The molecule has 0 saturated carbocycles. The van der Waals surface area contributed by atoms with Crippen LogP contribution in [0, 0.1) is 6.92 Å². The summed E-state index contributed by atoms with van der Waals surface area (Å²) in [6.45, 7) is 0.129. The number of nitrogens with zero attached hydrogens (tertiary/aromatic N) is 6. The highest BCUT2D eigenvalue weighted by Gasteiger charge is 2.37. The molecule has 15 heteroatoms. The SMILES string of the molecule is COc1nc(-c2csc(Nc3cc(C(F)(F)F)nn3CC(F)(F)F)n2)ccc1-n1cnc(C)c1. The van der Waals surface area contributed by atoms with Crippen LogP contribution in [0.15, 0.2) is 36.1 Å². The van der Waals surface area contributed by atoms with E-state index < -0.39 is 30.4 Å². The van der Waals surface area contributed by atoms with E-state index in [9.17, 15) is 26.3 Å². The molecule has 0 bridgehead atoms. The Morgan fingerprint density at radius 2 is 1.85 bits per heavy atom. The standard InChI is InChI=1S/C19H15F6N7OS/c1-10-6-31(9-26-10)13-4-3-11(27-16(13)33-2)12-7-34-17(28-12)29-15-5-14(19(23,24)25)30-32(15)8-18(20,21)22/h3-7,9H,8H2,1-2H3,(H,28,29). The van der Waals surface area contributed by atoms with Gasteiger partial charge in [0.25, 0.3) is 0 Å². The van der Waals surface area contributed by atoms with E-state index in [0.29, 0.717) is 23.1 Å². The van der Waals surface area contributed by atoms with Crippen LogP contribution in [0.25, 0.3) is 17.1 Å². The van der Waals surface area contributed by atoms with Crippen molar-refractivity contribution in [2.24, 2.45) is 0 Å².